The Balaban J connectivity index is 2.37. The van der Waals surface area contributed by atoms with Gasteiger partial charge in [-0.3, -0.25) is 16.0 Å². The Morgan fingerprint density at radius 2 is 2.21 bits per heavy atom. The number of non-ortho nitro benzene ring substituents is 1. The van der Waals surface area contributed by atoms with Gasteiger partial charge in [0.25, 0.3) is 5.69 Å². The van der Waals surface area contributed by atoms with Crippen LogP contribution in [0.4, 0.5) is 17.1 Å². The zero-order valence-corrected chi connectivity index (χ0v) is 11.8. The van der Waals surface area contributed by atoms with Gasteiger partial charge in [-0.05, 0) is 13.0 Å². The molecular formula is C12H18N4O2S. The summed E-state index contributed by atoms with van der Waals surface area (Å²) in [5, 5.41) is 11.5. The second kappa shape index (κ2) is 5.66. The molecule has 0 spiro atoms. The minimum absolute atomic E-state index is 0.0588. The van der Waals surface area contributed by atoms with Crippen LogP contribution >= 0.6 is 11.8 Å². The maximum Gasteiger partial charge on any atom is 0.273 e. The highest BCUT2D eigenvalue weighted by Gasteiger charge is 2.26. The van der Waals surface area contributed by atoms with Crippen LogP contribution in [0.2, 0.25) is 0 Å². The van der Waals surface area contributed by atoms with Crippen molar-refractivity contribution in [2.24, 2.45) is 5.84 Å². The summed E-state index contributed by atoms with van der Waals surface area (Å²) in [4.78, 5) is 12.8. The lowest BCUT2D eigenvalue weighted by molar-refractivity contribution is -0.384. The third-order valence-corrected chi connectivity index (χ3v) is 4.83. The van der Waals surface area contributed by atoms with Crippen molar-refractivity contribution < 1.29 is 4.92 Å². The number of nitrogen functional groups attached to an aromatic ring is 1. The van der Waals surface area contributed by atoms with Gasteiger partial charge in [0, 0.05) is 41.4 Å². The van der Waals surface area contributed by atoms with Gasteiger partial charge in [-0.15, -0.1) is 0 Å². The monoisotopic (exact) mass is 282 g/mol. The van der Waals surface area contributed by atoms with E-state index < -0.39 is 4.92 Å². The molecule has 19 heavy (non-hydrogen) atoms. The predicted molar refractivity (Wildman–Crippen MR) is 79.6 cm³/mol. The van der Waals surface area contributed by atoms with E-state index >= 15 is 0 Å². The number of thioether (sulfide) groups is 1. The maximum atomic E-state index is 11.0. The predicted octanol–water partition coefficient (Wildman–Crippen LogP) is 2.21. The summed E-state index contributed by atoms with van der Waals surface area (Å²) in [6, 6.07) is 5.24. The highest BCUT2D eigenvalue weighted by molar-refractivity contribution is 8.00. The van der Waals surface area contributed by atoms with Gasteiger partial charge in [-0.1, -0.05) is 6.92 Å². The van der Waals surface area contributed by atoms with E-state index in [9.17, 15) is 10.1 Å². The third-order valence-electron chi connectivity index (χ3n) is 3.50. The van der Waals surface area contributed by atoms with Crippen LogP contribution in [0, 0.1) is 10.1 Å². The van der Waals surface area contributed by atoms with Crippen LogP contribution in [-0.2, 0) is 0 Å². The summed E-state index contributed by atoms with van der Waals surface area (Å²) in [5.74, 6) is 6.41. The number of benzene rings is 1. The second-order valence-corrected chi connectivity index (χ2v) is 6.13. The lowest BCUT2D eigenvalue weighted by atomic mass is 10.1. The molecule has 1 aliphatic rings. The lowest BCUT2D eigenvalue weighted by Crippen LogP contribution is -2.44. The number of nitrogens with two attached hydrogens (primary N) is 1. The highest BCUT2D eigenvalue weighted by Crippen LogP contribution is 2.33. The number of hydrogen-bond acceptors (Lipinski definition) is 6. The van der Waals surface area contributed by atoms with Gasteiger partial charge < -0.3 is 10.3 Å². The quantitative estimate of drug-likeness (QED) is 0.502. The maximum absolute atomic E-state index is 11.0. The number of rotatable bonds is 3. The van der Waals surface area contributed by atoms with Crippen LogP contribution < -0.4 is 16.2 Å². The van der Waals surface area contributed by atoms with E-state index in [4.69, 9.17) is 5.84 Å². The van der Waals surface area contributed by atoms with Gasteiger partial charge in [0.2, 0.25) is 0 Å². The molecule has 2 rings (SSSR count). The standard InChI is InChI=1S/C12H18N4O2S/c1-8-9(2)19-4-3-15(8)11-5-10(14-13)6-12(7-11)16(17)18/h5-9,14H,3-4,13H2,1-2H3. The zero-order valence-electron chi connectivity index (χ0n) is 11.0. The molecule has 7 heteroatoms. The molecule has 1 aliphatic heterocycles. The van der Waals surface area contributed by atoms with Crippen LogP contribution in [0.25, 0.3) is 0 Å². The Morgan fingerprint density at radius 3 is 2.84 bits per heavy atom. The summed E-state index contributed by atoms with van der Waals surface area (Å²) in [6.07, 6.45) is 0. The first kappa shape index (κ1) is 14.0. The normalized spacial score (nSPS) is 23.2. The van der Waals surface area contributed by atoms with Crippen molar-refractivity contribution in [3.63, 3.8) is 0 Å². The zero-order chi connectivity index (χ0) is 14.0. The van der Waals surface area contributed by atoms with E-state index in [0.717, 1.165) is 18.0 Å². The lowest BCUT2D eigenvalue weighted by Gasteiger charge is -2.39. The second-order valence-electron chi connectivity index (χ2n) is 4.65. The molecule has 0 amide bonds. The molecule has 0 saturated carbocycles. The summed E-state index contributed by atoms with van der Waals surface area (Å²) in [6.45, 7) is 5.22. The summed E-state index contributed by atoms with van der Waals surface area (Å²) in [5.41, 5.74) is 3.96. The number of hydrazine groups is 1. The van der Waals surface area contributed by atoms with Crippen molar-refractivity contribution in [3.05, 3.63) is 28.3 Å². The first-order chi connectivity index (χ1) is 9.02. The van der Waals surface area contributed by atoms with Crippen LogP contribution in [-0.4, -0.2) is 28.5 Å². The van der Waals surface area contributed by atoms with Crippen molar-refractivity contribution in [1.82, 2.24) is 0 Å². The first-order valence-corrected chi connectivity index (χ1v) is 7.22. The van der Waals surface area contributed by atoms with Crippen molar-refractivity contribution >= 4 is 28.8 Å². The first-order valence-electron chi connectivity index (χ1n) is 6.17. The van der Waals surface area contributed by atoms with Crippen molar-refractivity contribution in [2.75, 3.05) is 22.6 Å². The SMILES string of the molecule is CC1SCCN(c2cc(NN)cc([N+](=O)[O-])c2)C1C. The van der Waals surface area contributed by atoms with Gasteiger partial charge in [0.15, 0.2) is 0 Å². The molecule has 1 aromatic carbocycles. The molecule has 2 atom stereocenters. The smallest absolute Gasteiger partial charge is 0.273 e. The number of hydrogen-bond donors (Lipinski definition) is 2. The van der Waals surface area contributed by atoms with Crippen LogP contribution in [0.15, 0.2) is 18.2 Å². The summed E-state index contributed by atoms with van der Waals surface area (Å²) >= 11 is 1.93. The Labute approximate surface area is 116 Å². The molecule has 1 heterocycles. The Kier molecular flexibility index (Phi) is 4.16. The molecule has 104 valence electrons. The number of anilines is 2. The topological polar surface area (TPSA) is 84.4 Å². The Bertz CT molecular complexity index is 483. The number of nitrogens with zero attached hydrogens (tertiary/aromatic N) is 2. The molecule has 1 saturated heterocycles. The molecular weight excluding hydrogens is 264 g/mol. The van der Waals surface area contributed by atoms with Crippen LogP contribution in [0.1, 0.15) is 13.8 Å². The molecule has 0 radical (unpaired) electrons. The Hall–Kier alpha value is -1.47. The van der Waals surface area contributed by atoms with Gasteiger partial charge in [-0.25, -0.2) is 0 Å². The van der Waals surface area contributed by atoms with E-state index in [1.807, 2.05) is 17.8 Å². The van der Waals surface area contributed by atoms with Gasteiger partial charge in [0.05, 0.1) is 10.6 Å². The van der Waals surface area contributed by atoms with Crippen LogP contribution in [0.5, 0.6) is 0 Å². The summed E-state index contributed by atoms with van der Waals surface area (Å²) in [7, 11) is 0. The van der Waals surface area contributed by atoms with E-state index in [-0.39, 0.29) is 5.69 Å². The highest BCUT2D eigenvalue weighted by atomic mass is 32.2. The molecule has 2 unspecified atom stereocenters. The average Bonchev–Trinajstić information content (AvgIpc) is 2.41. The van der Waals surface area contributed by atoms with E-state index in [0.29, 0.717) is 17.0 Å². The van der Waals surface area contributed by atoms with E-state index in [2.05, 4.69) is 24.2 Å². The summed E-state index contributed by atoms with van der Waals surface area (Å²) < 4.78 is 0. The van der Waals surface area contributed by atoms with Crippen molar-refractivity contribution in [1.29, 1.82) is 0 Å². The minimum atomic E-state index is -0.392. The fourth-order valence-corrected chi connectivity index (χ4v) is 3.35. The molecule has 0 aromatic heterocycles. The third kappa shape index (κ3) is 2.93. The number of nitrogens with one attached hydrogen (secondary N) is 1. The molecule has 0 aliphatic carbocycles. The van der Waals surface area contributed by atoms with Crippen molar-refractivity contribution in [2.45, 2.75) is 25.1 Å². The molecule has 3 N–H and O–H groups in total. The molecule has 1 aromatic rings. The van der Waals surface area contributed by atoms with Gasteiger partial charge >= 0.3 is 0 Å². The number of nitro groups is 1. The van der Waals surface area contributed by atoms with Crippen molar-refractivity contribution in [3.8, 4) is 0 Å². The van der Waals surface area contributed by atoms with Gasteiger partial charge in [-0.2, -0.15) is 11.8 Å². The fourth-order valence-electron chi connectivity index (χ4n) is 2.25. The van der Waals surface area contributed by atoms with Crippen LogP contribution in [0.3, 0.4) is 0 Å². The minimum Gasteiger partial charge on any atom is -0.367 e. The van der Waals surface area contributed by atoms with Gasteiger partial charge in [0.1, 0.15) is 0 Å². The van der Waals surface area contributed by atoms with E-state index in [1.165, 1.54) is 6.07 Å². The number of nitro benzene ring substituents is 1. The molecule has 1 fully saturated rings. The molecule has 6 nitrogen and oxygen atoms in total. The largest absolute Gasteiger partial charge is 0.367 e. The average molecular weight is 282 g/mol. The van der Waals surface area contributed by atoms with E-state index in [1.54, 1.807) is 6.07 Å². The Morgan fingerprint density at radius 1 is 1.47 bits per heavy atom. The fraction of sp³-hybridized carbons (Fsp3) is 0.500. The molecule has 0 bridgehead atoms.